The van der Waals surface area contributed by atoms with Crippen LogP contribution in [-0.4, -0.2) is 39.6 Å². The molecule has 1 saturated carbocycles. The molecule has 0 saturated heterocycles. The first kappa shape index (κ1) is 34.4. The van der Waals surface area contributed by atoms with E-state index in [0.717, 1.165) is 44.7 Å². The van der Waals surface area contributed by atoms with Gasteiger partial charge in [0.1, 0.15) is 0 Å². The van der Waals surface area contributed by atoms with Gasteiger partial charge in [-0.15, -0.1) is 0 Å². The standard InChI is InChI=1S/C11H22O.C6H14O.C5H12O.2CH4/c1-3-10(2)9-12-11-7-5-4-6-8-11;1-4-6(2)5-7-3;1-3-5-6-4-2;;/h10-11H,3-9H2,1-2H3;6H,4-5H2,1-3H3;3-5H2,1-2H3;2*1H4. The SMILES string of the molecule is C.C.CCC(C)COC.CCC(C)COC1CCCCC1.CCCOCC. The number of rotatable bonds is 10. The third kappa shape index (κ3) is 28.2. The highest BCUT2D eigenvalue weighted by Gasteiger charge is 2.14. The zero-order valence-corrected chi connectivity index (χ0v) is 18.4. The third-order valence-corrected chi connectivity index (χ3v) is 4.57. The van der Waals surface area contributed by atoms with Gasteiger partial charge < -0.3 is 14.2 Å². The number of ether oxygens (including phenoxy) is 3. The van der Waals surface area contributed by atoms with Crippen LogP contribution in [0.4, 0.5) is 0 Å². The van der Waals surface area contributed by atoms with Crippen LogP contribution in [0.25, 0.3) is 0 Å². The van der Waals surface area contributed by atoms with Gasteiger partial charge in [-0.3, -0.25) is 0 Å². The normalized spacial score (nSPS) is 15.7. The van der Waals surface area contributed by atoms with Gasteiger partial charge >= 0.3 is 0 Å². The molecular formula is C24H56O3. The molecule has 0 bridgehead atoms. The number of hydrogen-bond donors (Lipinski definition) is 0. The molecule has 0 heterocycles. The minimum absolute atomic E-state index is 0. The largest absolute Gasteiger partial charge is 0.384 e. The van der Waals surface area contributed by atoms with Gasteiger partial charge in [-0.1, -0.05) is 81.6 Å². The topological polar surface area (TPSA) is 27.7 Å². The molecule has 0 aromatic heterocycles. The van der Waals surface area contributed by atoms with Crippen LogP contribution in [0.3, 0.4) is 0 Å². The Kier molecular flexibility index (Phi) is 35.8. The zero-order chi connectivity index (χ0) is 19.3. The smallest absolute Gasteiger partial charge is 0.0575 e. The first-order valence-electron chi connectivity index (χ1n) is 10.7. The fourth-order valence-electron chi connectivity index (χ4n) is 2.34. The molecule has 0 aromatic rings. The van der Waals surface area contributed by atoms with E-state index in [2.05, 4.69) is 34.6 Å². The Morgan fingerprint density at radius 3 is 1.67 bits per heavy atom. The van der Waals surface area contributed by atoms with Gasteiger partial charge in [-0.25, -0.2) is 0 Å². The highest BCUT2D eigenvalue weighted by molar-refractivity contribution is 4.65. The molecule has 3 nitrogen and oxygen atoms in total. The second-order valence-electron chi connectivity index (χ2n) is 7.27. The van der Waals surface area contributed by atoms with E-state index in [4.69, 9.17) is 14.2 Å². The van der Waals surface area contributed by atoms with Crippen LogP contribution in [0.1, 0.15) is 108 Å². The fourth-order valence-corrected chi connectivity index (χ4v) is 2.34. The van der Waals surface area contributed by atoms with Crippen molar-refractivity contribution in [1.82, 2.24) is 0 Å². The van der Waals surface area contributed by atoms with Crippen LogP contribution in [0, 0.1) is 11.8 Å². The molecule has 170 valence electrons. The molecular weight excluding hydrogens is 336 g/mol. The molecule has 0 N–H and O–H groups in total. The van der Waals surface area contributed by atoms with Crippen LogP contribution in [0.2, 0.25) is 0 Å². The lowest BCUT2D eigenvalue weighted by Gasteiger charge is -2.23. The first-order chi connectivity index (χ1) is 12.0. The second-order valence-corrected chi connectivity index (χ2v) is 7.27. The van der Waals surface area contributed by atoms with Crippen LogP contribution in [0.15, 0.2) is 0 Å². The maximum absolute atomic E-state index is 5.84. The molecule has 0 amide bonds. The van der Waals surface area contributed by atoms with Gasteiger partial charge in [0.2, 0.25) is 0 Å². The summed E-state index contributed by atoms with van der Waals surface area (Å²) in [6.07, 6.45) is 11.0. The summed E-state index contributed by atoms with van der Waals surface area (Å²) in [6.45, 7) is 16.6. The molecule has 0 radical (unpaired) electrons. The fraction of sp³-hybridized carbons (Fsp3) is 1.00. The summed E-state index contributed by atoms with van der Waals surface area (Å²) in [5, 5.41) is 0. The summed E-state index contributed by atoms with van der Waals surface area (Å²) in [5.74, 6) is 1.47. The van der Waals surface area contributed by atoms with Gasteiger partial charge in [0.05, 0.1) is 6.10 Å². The summed E-state index contributed by atoms with van der Waals surface area (Å²) in [5.41, 5.74) is 0. The van der Waals surface area contributed by atoms with E-state index in [1.165, 1.54) is 44.9 Å². The average Bonchev–Trinajstić information content (AvgIpc) is 2.66. The van der Waals surface area contributed by atoms with Crippen LogP contribution in [0.5, 0.6) is 0 Å². The highest BCUT2D eigenvalue weighted by Crippen LogP contribution is 2.21. The first-order valence-corrected chi connectivity index (χ1v) is 10.7. The minimum Gasteiger partial charge on any atom is -0.384 e. The van der Waals surface area contributed by atoms with E-state index in [1.807, 2.05) is 6.92 Å². The van der Waals surface area contributed by atoms with E-state index in [0.29, 0.717) is 6.10 Å². The molecule has 1 rings (SSSR count). The predicted octanol–water partition coefficient (Wildman–Crippen LogP) is 7.77. The molecule has 1 aliphatic carbocycles. The lowest BCUT2D eigenvalue weighted by Crippen LogP contribution is -2.19. The van der Waals surface area contributed by atoms with E-state index in [1.54, 1.807) is 7.11 Å². The summed E-state index contributed by atoms with van der Waals surface area (Å²) in [6, 6.07) is 0. The van der Waals surface area contributed by atoms with Gasteiger partial charge in [0, 0.05) is 33.5 Å². The predicted molar refractivity (Wildman–Crippen MR) is 124 cm³/mol. The average molecular weight is 393 g/mol. The van der Waals surface area contributed by atoms with Crippen LogP contribution >= 0.6 is 0 Å². The summed E-state index contributed by atoms with van der Waals surface area (Å²) < 4.78 is 15.7. The van der Waals surface area contributed by atoms with Crippen molar-refractivity contribution in [2.24, 2.45) is 11.8 Å². The molecule has 0 aliphatic heterocycles. The van der Waals surface area contributed by atoms with E-state index >= 15 is 0 Å². The second kappa shape index (κ2) is 28.1. The summed E-state index contributed by atoms with van der Waals surface area (Å²) in [4.78, 5) is 0. The lowest BCUT2D eigenvalue weighted by molar-refractivity contribution is 0.0103. The van der Waals surface area contributed by atoms with Crippen LogP contribution in [-0.2, 0) is 14.2 Å². The lowest BCUT2D eigenvalue weighted by atomic mass is 9.97. The van der Waals surface area contributed by atoms with Crippen molar-refractivity contribution in [2.75, 3.05) is 33.5 Å². The minimum atomic E-state index is 0. The van der Waals surface area contributed by atoms with E-state index in [9.17, 15) is 0 Å². The van der Waals surface area contributed by atoms with Gasteiger partial charge in [-0.2, -0.15) is 0 Å². The third-order valence-electron chi connectivity index (χ3n) is 4.57. The molecule has 27 heavy (non-hydrogen) atoms. The number of hydrogen-bond acceptors (Lipinski definition) is 3. The maximum atomic E-state index is 5.84. The Bertz CT molecular complexity index is 224. The van der Waals surface area contributed by atoms with Crippen molar-refractivity contribution in [3.8, 4) is 0 Å². The zero-order valence-electron chi connectivity index (χ0n) is 18.4. The quantitative estimate of drug-likeness (QED) is 0.355. The number of methoxy groups -OCH3 is 1. The molecule has 1 fully saturated rings. The van der Waals surface area contributed by atoms with Crippen molar-refractivity contribution in [3.05, 3.63) is 0 Å². The van der Waals surface area contributed by atoms with Crippen molar-refractivity contribution in [1.29, 1.82) is 0 Å². The van der Waals surface area contributed by atoms with Crippen molar-refractivity contribution < 1.29 is 14.2 Å². The maximum Gasteiger partial charge on any atom is 0.0575 e. The highest BCUT2D eigenvalue weighted by atomic mass is 16.5. The Balaban J connectivity index is -0.000000154. The molecule has 1 aliphatic rings. The van der Waals surface area contributed by atoms with Gasteiger partial charge in [-0.05, 0) is 38.0 Å². The Morgan fingerprint density at radius 1 is 0.815 bits per heavy atom. The van der Waals surface area contributed by atoms with Gasteiger partial charge in [0.25, 0.3) is 0 Å². The van der Waals surface area contributed by atoms with E-state index in [-0.39, 0.29) is 14.9 Å². The molecule has 3 heteroatoms. The van der Waals surface area contributed by atoms with E-state index < -0.39 is 0 Å². The molecule has 0 aromatic carbocycles. The van der Waals surface area contributed by atoms with Crippen LogP contribution < -0.4 is 0 Å². The molecule has 2 unspecified atom stereocenters. The van der Waals surface area contributed by atoms with Crippen molar-refractivity contribution in [3.63, 3.8) is 0 Å². The summed E-state index contributed by atoms with van der Waals surface area (Å²) >= 11 is 0. The Hall–Kier alpha value is -0.120. The molecule has 0 spiro atoms. The van der Waals surface area contributed by atoms with Crippen molar-refractivity contribution >= 4 is 0 Å². The Labute approximate surface area is 173 Å². The van der Waals surface area contributed by atoms with Gasteiger partial charge in [0.15, 0.2) is 0 Å². The monoisotopic (exact) mass is 392 g/mol. The summed E-state index contributed by atoms with van der Waals surface area (Å²) in [7, 11) is 1.74. The van der Waals surface area contributed by atoms with Crippen molar-refractivity contribution in [2.45, 2.75) is 114 Å². The Morgan fingerprint density at radius 2 is 1.33 bits per heavy atom. The molecule has 2 atom stereocenters.